The maximum atomic E-state index is 2.57. The normalized spacial score (nSPS) is 20.7. The number of hydrogen-bond acceptors (Lipinski definition) is 0. The second kappa shape index (κ2) is 23.1. The number of hydrogen-bond donors (Lipinski definition) is 0. The fourth-order valence-electron chi connectivity index (χ4n) is 19.8. The van der Waals surface area contributed by atoms with Crippen LogP contribution in [0.2, 0.25) is 0 Å². The third-order valence-corrected chi connectivity index (χ3v) is 24.3. The molecule has 0 heterocycles. The van der Waals surface area contributed by atoms with Gasteiger partial charge in [0.1, 0.15) is 0 Å². The van der Waals surface area contributed by atoms with Crippen LogP contribution in [0.1, 0.15) is 22.3 Å². The van der Waals surface area contributed by atoms with Gasteiger partial charge < -0.3 is 0 Å². The molecule has 0 heteroatoms. The Bertz CT molecular complexity index is 6370. The summed E-state index contributed by atoms with van der Waals surface area (Å²) in [6.07, 6.45) is 74.8. The first-order valence-corrected chi connectivity index (χ1v) is 37.5. The van der Waals surface area contributed by atoms with E-state index in [1.165, 1.54) is 221 Å². The van der Waals surface area contributed by atoms with Gasteiger partial charge in [-0.05, 0) is 245 Å². The molecule has 0 spiro atoms. The van der Waals surface area contributed by atoms with Crippen molar-refractivity contribution in [1.82, 2.24) is 0 Å². The van der Waals surface area contributed by atoms with Gasteiger partial charge in [0.05, 0.1) is 0 Å². The van der Waals surface area contributed by atoms with Crippen LogP contribution in [0.3, 0.4) is 0 Å². The molecule has 0 bridgehead atoms. The molecule has 11 aromatic rings. The molecule has 106 heavy (non-hydrogen) atoms. The lowest BCUT2D eigenvalue weighted by Crippen LogP contribution is -2.16. The molecule has 0 aliphatic heterocycles. The Labute approximate surface area is 616 Å². The molecular formula is C106H66. The molecule has 0 saturated carbocycles. The summed E-state index contributed by atoms with van der Waals surface area (Å²) in [5.74, 6) is 0.861. The van der Waals surface area contributed by atoms with Gasteiger partial charge in [0.2, 0.25) is 0 Å². The molecule has 12 aliphatic carbocycles. The van der Waals surface area contributed by atoms with Crippen molar-refractivity contribution in [3.05, 3.63) is 466 Å². The minimum Gasteiger partial charge on any atom is -0.0622 e. The van der Waals surface area contributed by atoms with Crippen molar-refractivity contribution >= 4 is 86.9 Å². The molecule has 4 atom stereocenters. The van der Waals surface area contributed by atoms with Gasteiger partial charge in [-0.3, -0.25) is 0 Å². The van der Waals surface area contributed by atoms with Crippen LogP contribution in [0.5, 0.6) is 0 Å². The van der Waals surface area contributed by atoms with Crippen molar-refractivity contribution in [2.45, 2.75) is 0 Å². The number of benzene rings is 11. The summed E-state index contributed by atoms with van der Waals surface area (Å²) in [6, 6.07) is 70.0. The molecule has 12 aliphatic rings. The van der Waals surface area contributed by atoms with Crippen molar-refractivity contribution in [3.63, 3.8) is 0 Å². The summed E-state index contributed by atoms with van der Waals surface area (Å²) in [4.78, 5) is 0. The summed E-state index contributed by atoms with van der Waals surface area (Å²) in [7, 11) is 0. The third-order valence-electron chi connectivity index (χ3n) is 24.3. The van der Waals surface area contributed by atoms with E-state index in [0.29, 0.717) is 0 Å². The molecule has 23 rings (SSSR count). The maximum absolute atomic E-state index is 2.57. The van der Waals surface area contributed by atoms with E-state index in [4.69, 9.17) is 0 Å². The Kier molecular flexibility index (Phi) is 12.9. The molecule has 11 aromatic carbocycles. The van der Waals surface area contributed by atoms with Crippen LogP contribution in [0.4, 0.5) is 0 Å². The van der Waals surface area contributed by atoms with Crippen molar-refractivity contribution in [2.24, 2.45) is 23.7 Å². The predicted octanol–water partition coefficient (Wildman–Crippen LogP) is 27.0. The monoisotopic (exact) mass is 1340 g/mol. The highest BCUT2D eigenvalue weighted by Gasteiger charge is 2.35. The highest BCUT2D eigenvalue weighted by molar-refractivity contribution is 6.26. The summed E-state index contributed by atoms with van der Waals surface area (Å²) < 4.78 is 0. The zero-order chi connectivity index (χ0) is 69.2. The Morgan fingerprint density at radius 2 is 0.377 bits per heavy atom. The van der Waals surface area contributed by atoms with E-state index < -0.39 is 0 Å². The van der Waals surface area contributed by atoms with Crippen molar-refractivity contribution in [3.8, 4) is 44.5 Å². The van der Waals surface area contributed by atoms with Crippen molar-refractivity contribution < 1.29 is 0 Å². The van der Waals surface area contributed by atoms with Crippen LogP contribution >= 0.6 is 0 Å². The molecule has 0 amide bonds. The predicted molar refractivity (Wildman–Crippen MR) is 449 cm³/mol. The Hall–Kier alpha value is -13.3. The topological polar surface area (TPSA) is 0 Å². The van der Waals surface area contributed by atoms with E-state index >= 15 is 0 Å². The Morgan fingerprint density at radius 3 is 0.660 bits per heavy atom. The lowest BCUT2D eigenvalue weighted by atomic mass is 9.72. The summed E-state index contributed by atoms with van der Waals surface area (Å²) in [5, 5.41) is 14.8. The second-order valence-electron chi connectivity index (χ2n) is 30.0. The number of allylic oxidation sites excluding steroid dienone is 48. The van der Waals surface area contributed by atoms with Gasteiger partial charge >= 0.3 is 0 Å². The minimum absolute atomic E-state index is 0.210. The van der Waals surface area contributed by atoms with Crippen LogP contribution in [-0.4, -0.2) is 0 Å². The van der Waals surface area contributed by atoms with E-state index in [9.17, 15) is 0 Å². The quantitative estimate of drug-likeness (QED) is 0.133. The molecule has 0 unspecified atom stereocenters. The van der Waals surface area contributed by atoms with Gasteiger partial charge in [0.25, 0.3) is 0 Å². The number of rotatable bonds is 8. The van der Waals surface area contributed by atoms with E-state index in [2.05, 4.69) is 376 Å². The SMILES string of the molecule is C1=CC2=CC=CC3=CC(c4c5ccc(-c6c7ccccc7c(-c7ccc8c(C9=CC%10=CC=CC%11=CC=CC(=C9)[C@@H]%11%10)c9cc(-c%10ccccc%10)ccc9c(C9=CC%10=CC=CC%11=CC=CC(=C9)[C@@H]%11%10)c8c7)c7ccccc67)cc5c(C5=CC6=CC=CC7=CC=CC(=C5)[C@@H]76)c5ccc(-c6ccccc6)cc45)=CC(=C1)[C@H]23. The first kappa shape index (κ1) is 59.3. The zero-order valence-corrected chi connectivity index (χ0v) is 58.1. The Balaban J connectivity index is 0.787. The third kappa shape index (κ3) is 9.01. The molecule has 0 fully saturated rings. The average molecular weight is 1340 g/mol. The molecular weight excluding hydrogens is 1270 g/mol. The molecule has 0 saturated heterocycles. The van der Waals surface area contributed by atoms with Crippen molar-refractivity contribution in [1.29, 1.82) is 0 Å². The fraction of sp³-hybridized carbons (Fsp3) is 0.0377. The average Bonchev–Trinajstić information content (AvgIpc) is 0.712. The highest BCUT2D eigenvalue weighted by atomic mass is 14.4. The van der Waals surface area contributed by atoms with Crippen LogP contribution in [0.25, 0.3) is 131 Å². The van der Waals surface area contributed by atoms with E-state index in [1.54, 1.807) is 0 Å². The first-order chi connectivity index (χ1) is 52.5. The van der Waals surface area contributed by atoms with Gasteiger partial charge in [-0.1, -0.05) is 352 Å². The smallest absolute Gasteiger partial charge is 0.0340 e. The van der Waals surface area contributed by atoms with Crippen LogP contribution in [0, 0.1) is 23.7 Å². The summed E-state index contributed by atoms with van der Waals surface area (Å²) >= 11 is 0. The zero-order valence-electron chi connectivity index (χ0n) is 58.1. The molecule has 490 valence electrons. The van der Waals surface area contributed by atoms with Gasteiger partial charge in [0.15, 0.2) is 0 Å². The van der Waals surface area contributed by atoms with Crippen LogP contribution in [-0.2, 0) is 0 Å². The lowest BCUT2D eigenvalue weighted by molar-refractivity contribution is 0.880. The summed E-state index contributed by atoms with van der Waals surface area (Å²) in [5.41, 5.74) is 35.5. The highest BCUT2D eigenvalue weighted by Crippen LogP contribution is 2.55. The molecule has 0 aromatic heterocycles. The van der Waals surface area contributed by atoms with E-state index in [-0.39, 0.29) is 23.7 Å². The molecule has 0 nitrogen and oxygen atoms in total. The second-order valence-corrected chi connectivity index (χ2v) is 30.0. The van der Waals surface area contributed by atoms with Gasteiger partial charge in [-0.25, -0.2) is 0 Å². The molecule has 0 N–H and O–H groups in total. The van der Waals surface area contributed by atoms with E-state index in [0.717, 1.165) is 0 Å². The molecule has 0 radical (unpaired) electrons. The fourth-order valence-corrected chi connectivity index (χ4v) is 19.8. The Morgan fingerprint density at radius 1 is 0.151 bits per heavy atom. The van der Waals surface area contributed by atoms with Gasteiger partial charge in [-0.2, -0.15) is 0 Å². The lowest BCUT2D eigenvalue weighted by Gasteiger charge is -2.32. The van der Waals surface area contributed by atoms with Crippen LogP contribution in [0.15, 0.2) is 443 Å². The standard InChI is InChI=1S/C106H66/c1-3-19-63(20-4-1)69-43-47-89-93(59-69)103(81-51-71-31-11-23-65-24-12-32-72(52-81)97(65)71)91-49-45-79(61-95(91)105(89)83-55-75-35-15-27-67-28-16-36-76(56-83)99(67)75)101-85-39-7-9-41-87(85)102(88-42-10-8-40-86(88)101)80-46-50-92-96(62-80)106(84-57-77-37-17-29-68-30-18-38-78(58-84)100(68)77)90-48-44-70(64-21-5-2-6-22-64)60-94(90)104(92)82-53-73-33-13-25-66-26-14-34-74(54-82)98(66)73/h1-62,97-100H. The summed E-state index contributed by atoms with van der Waals surface area (Å²) in [6.45, 7) is 0. The van der Waals surface area contributed by atoms with Crippen molar-refractivity contribution in [2.75, 3.05) is 0 Å². The van der Waals surface area contributed by atoms with E-state index in [1.807, 2.05) is 0 Å². The number of fused-ring (bicyclic) bond motifs is 6. The van der Waals surface area contributed by atoms with Gasteiger partial charge in [-0.15, -0.1) is 0 Å². The van der Waals surface area contributed by atoms with Gasteiger partial charge in [0, 0.05) is 23.7 Å². The van der Waals surface area contributed by atoms with Crippen LogP contribution < -0.4 is 0 Å². The largest absolute Gasteiger partial charge is 0.0622 e. The minimum atomic E-state index is 0.210. The maximum Gasteiger partial charge on any atom is 0.0340 e. The first-order valence-electron chi connectivity index (χ1n) is 37.5.